The highest BCUT2D eigenvalue weighted by atomic mass is 32.1. The normalized spacial score (nSPS) is 12.0. The van der Waals surface area contributed by atoms with Crippen molar-refractivity contribution in [2.24, 2.45) is 0 Å². The lowest BCUT2D eigenvalue weighted by molar-refractivity contribution is 0.0941. The van der Waals surface area contributed by atoms with Crippen LogP contribution in [0.5, 0.6) is 0 Å². The Bertz CT molecular complexity index is 608. The molecule has 0 fully saturated rings. The van der Waals surface area contributed by atoms with E-state index in [1.165, 1.54) is 4.88 Å². The molecule has 112 valence electrons. The van der Waals surface area contributed by atoms with Crippen LogP contribution in [0.3, 0.4) is 0 Å². The van der Waals surface area contributed by atoms with Crippen molar-refractivity contribution < 1.29 is 4.79 Å². The molecule has 5 heteroatoms. The van der Waals surface area contributed by atoms with E-state index in [1.54, 1.807) is 23.5 Å². The summed E-state index contributed by atoms with van der Waals surface area (Å²) in [7, 11) is 3.83. The zero-order valence-corrected chi connectivity index (χ0v) is 13.4. The lowest BCUT2D eigenvalue weighted by Gasteiger charge is -2.19. The van der Waals surface area contributed by atoms with Crippen LogP contribution in [0.1, 0.15) is 22.2 Å². The van der Waals surface area contributed by atoms with Gasteiger partial charge in [0, 0.05) is 42.8 Å². The SMILES string of the molecule is CC(Cc1cccs1)NC(=O)c1cc(N)ccc1N(C)C. The van der Waals surface area contributed by atoms with Gasteiger partial charge in [-0.05, 0) is 36.6 Å². The molecule has 2 rings (SSSR count). The van der Waals surface area contributed by atoms with Gasteiger partial charge in [0.1, 0.15) is 0 Å². The molecular formula is C16H21N3OS. The average molecular weight is 303 g/mol. The lowest BCUT2D eigenvalue weighted by atomic mass is 10.1. The first-order chi connectivity index (χ1) is 9.97. The third-order valence-corrected chi connectivity index (χ3v) is 4.11. The van der Waals surface area contributed by atoms with Gasteiger partial charge in [-0.3, -0.25) is 4.79 Å². The summed E-state index contributed by atoms with van der Waals surface area (Å²) in [5, 5.41) is 5.09. The molecule has 1 aromatic carbocycles. The maximum atomic E-state index is 12.5. The molecule has 0 aliphatic carbocycles. The van der Waals surface area contributed by atoms with E-state index >= 15 is 0 Å². The summed E-state index contributed by atoms with van der Waals surface area (Å²) in [6.45, 7) is 2.01. The number of hydrogen-bond acceptors (Lipinski definition) is 4. The third-order valence-electron chi connectivity index (χ3n) is 3.21. The average Bonchev–Trinajstić information content (AvgIpc) is 2.90. The van der Waals surface area contributed by atoms with Crippen LogP contribution in [-0.2, 0) is 6.42 Å². The van der Waals surface area contributed by atoms with Crippen LogP contribution in [-0.4, -0.2) is 26.0 Å². The highest BCUT2D eigenvalue weighted by molar-refractivity contribution is 7.09. The molecule has 0 spiro atoms. The summed E-state index contributed by atoms with van der Waals surface area (Å²) in [5.41, 5.74) is 7.88. The molecule has 3 N–H and O–H groups in total. The van der Waals surface area contributed by atoms with E-state index in [1.807, 2.05) is 43.4 Å². The van der Waals surface area contributed by atoms with E-state index in [2.05, 4.69) is 11.4 Å². The van der Waals surface area contributed by atoms with Crippen molar-refractivity contribution >= 4 is 28.6 Å². The van der Waals surface area contributed by atoms with Gasteiger partial charge < -0.3 is 16.0 Å². The minimum Gasteiger partial charge on any atom is -0.399 e. The van der Waals surface area contributed by atoms with Gasteiger partial charge >= 0.3 is 0 Å². The highest BCUT2D eigenvalue weighted by Gasteiger charge is 2.16. The number of carbonyl (C=O) groups is 1. The number of nitrogens with zero attached hydrogens (tertiary/aromatic N) is 1. The van der Waals surface area contributed by atoms with E-state index in [4.69, 9.17) is 5.73 Å². The molecule has 1 atom stereocenters. The number of nitrogen functional groups attached to an aromatic ring is 1. The number of rotatable bonds is 5. The van der Waals surface area contributed by atoms with Crippen LogP contribution in [0.25, 0.3) is 0 Å². The van der Waals surface area contributed by atoms with Crippen molar-refractivity contribution in [2.75, 3.05) is 24.7 Å². The van der Waals surface area contributed by atoms with Gasteiger partial charge in [0.05, 0.1) is 5.56 Å². The maximum absolute atomic E-state index is 12.5. The predicted molar refractivity (Wildman–Crippen MR) is 90.1 cm³/mol. The van der Waals surface area contributed by atoms with Gasteiger partial charge in [0.2, 0.25) is 0 Å². The molecule has 1 amide bonds. The summed E-state index contributed by atoms with van der Waals surface area (Å²) in [6.07, 6.45) is 0.836. The van der Waals surface area contributed by atoms with Crippen LogP contribution in [0.2, 0.25) is 0 Å². The molecule has 0 aliphatic heterocycles. The topological polar surface area (TPSA) is 58.4 Å². The van der Waals surface area contributed by atoms with Gasteiger partial charge in [0.15, 0.2) is 0 Å². The van der Waals surface area contributed by atoms with Gasteiger partial charge in [-0.15, -0.1) is 11.3 Å². The fourth-order valence-corrected chi connectivity index (χ4v) is 3.04. The molecule has 0 aliphatic rings. The Morgan fingerprint density at radius 1 is 1.38 bits per heavy atom. The number of nitrogens with one attached hydrogen (secondary N) is 1. The zero-order valence-electron chi connectivity index (χ0n) is 12.6. The molecule has 1 aromatic heterocycles. The molecule has 4 nitrogen and oxygen atoms in total. The van der Waals surface area contributed by atoms with Gasteiger partial charge in [-0.1, -0.05) is 6.07 Å². The molecular weight excluding hydrogens is 282 g/mol. The minimum absolute atomic E-state index is 0.0765. The second kappa shape index (κ2) is 6.63. The Kier molecular flexibility index (Phi) is 4.85. The van der Waals surface area contributed by atoms with Crippen LogP contribution in [0.15, 0.2) is 35.7 Å². The first kappa shape index (κ1) is 15.4. The van der Waals surface area contributed by atoms with Crippen molar-refractivity contribution in [3.05, 3.63) is 46.2 Å². The molecule has 2 aromatic rings. The second-order valence-corrected chi connectivity index (χ2v) is 6.36. The monoisotopic (exact) mass is 303 g/mol. The molecule has 1 unspecified atom stereocenters. The van der Waals surface area contributed by atoms with Crippen molar-refractivity contribution in [1.29, 1.82) is 0 Å². The Morgan fingerprint density at radius 2 is 2.14 bits per heavy atom. The summed E-state index contributed by atoms with van der Waals surface area (Å²) in [5.74, 6) is -0.0879. The van der Waals surface area contributed by atoms with Gasteiger partial charge in [-0.2, -0.15) is 0 Å². The number of nitrogens with two attached hydrogens (primary N) is 1. The smallest absolute Gasteiger partial charge is 0.253 e. The van der Waals surface area contributed by atoms with Crippen molar-refractivity contribution in [1.82, 2.24) is 5.32 Å². The number of thiophene rings is 1. The minimum atomic E-state index is -0.0879. The Labute approximate surface area is 129 Å². The maximum Gasteiger partial charge on any atom is 0.253 e. The van der Waals surface area contributed by atoms with Crippen LogP contribution < -0.4 is 16.0 Å². The fourth-order valence-electron chi connectivity index (χ4n) is 2.21. The largest absolute Gasteiger partial charge is 0.399 e. The lowest BCUT2D eigenvalue weighted by Crippen LogP contribution is -2.34. The Balaban J connectivity index is 2.11. The van der Waals surface area contributed by atoms with Crippen molar-refractivity contribution in [2.45, 2.75) is 19.4 Å². The van der Waals surface area contributed by atoms with Gasteiger partial charge in [0.25, 0.3) is 5.91 Å². The van der Waals surface area contributed by atoms with E-state index in [9.17, 15) is 4.79 Å². The predicted octanol–water partition coefficient (Wildman–Crippen LogP) is 2.76. The van der Waals surface area contributed by atoms with E-state index < -0.39 is 0 Å². The number of anilines is 2. The summed E-state index contributed by atoms with van der Waals surface area (Å²) < 4.78 is 0. The number of benzene rings is 1. The molecule has 1 heterocycles. The quantitative estimate of drug-likeness (QED) is 0.835. The summed E-state index contributed by atoms with van der Waals surface area (Å²) >= 11 is 1.71. The molecule has 0 radical (unpaired) electrons. The van der Waals surface area contributed by atoms with E-state index in [0.717, 1.165) is 12.1 Å². The first-order valence-electron chi connectivity index (χ1n) is 6.87. The summed E-state index contributed by atoms with van der Waals surface area (Å²) in [6, 6.07) is 9.58. The van der Waals surface area contributed by atoms with Crippen LogP contribution >= 0.6 is 11.3 Å². The highest BCUT2D eigenvalue weighted by Crippen LogP contribution is 2.21. The molecule has 0 saturated heterocycles. The Morgan fingerprint density at radius 3 is 2.76 bits per heavy atom. The van der Waals surface area contributed by atoms with E-state index in [-0.39, 0.29) is 11.9 Å². The Hall–Kier alpha value is -2.01. The number of hydrogen-bond donors (Lipinski definition) is 2. The second-order valence-electron chi connectivity index (χ2n) is 5.33. The molecule has 21 heavy (non-hydrogen) atoms. The van der Waals surface area contributed by atoms with Crippen molar-refractivity contribution in [3.63, 3.8) is 0 Å². The standard InChI is InChI=1S/C16H21N3OS/c1-11(9-13-5-4-8-21-13)18-16(20)14-10-12(17)6-7-15(14)19(2)3/h4-8,10-11H,9,17H2,1-3H3,(H,18,20). The molecule has 0 bridgehead atoms. The number of amides is 1. The van der Waals surface area contributed by atoms with Crippen LogP contribution in [0, 0.1) is 0 Å². The number of carbonyl (C=O) groups excluding carboxylic acids is 1. The summed E-state index contributed by atoms with van der Waals surface area (Å²) in [4.78, 5) is 15.7. The first-order valence-corrected chi connectivity index (χ1v) is 7.75. The van der Waals surface area contributed by atoms with Crippen LogP contribution in [0.4, 0.5) is 11.4 Å². The fraction of sp³-hybridized carbons (Fsp3) is 0.312. The van der Waals surface area contributed by atoms with E-state index in [0.29, 0.717) is 11.3 Å². The molecule has 0 saturated carbocycles. The third kappa shape index (κ3) is 3.98. The van der Waals surface area contributed by atoms with Crippen molar-refractivity contribution in [3.8, 4) is 0 Å². The van der Waals surface area contributed by atoms with Gasteiger partial charge in [-0.25, -0.2) is 0 Å². The zero-order chi connectivity index (χ0) is 15.4.